The lowest BCUT2D eigenvalue weighted by Crippen LogP contribution is -2.44. The van der Waals surface area contributed by atoms with E-state index >= 15 is 0 Å². The number of rotatable bonds is 6. The molecule has 176 valence electrons. The zero-order valence-corrected chi connectivity index (χ0v) is 19.6. The van der Waals surface area contributed by atoms with Gasteiger partial charge >= 0.3 is 0 Å². The largest absolute Gasteiger partial charge is 0.508 e. The van der Waals surface area contributed by atoms with E-state index in [0.29, 0.717) is 32.3 Å². The number of piperidine rings is 1. The van der Waals surface area contributed by atoms with Crippen molar-refractivity contribution in [2.45, 2.75) is 38.9 Å². The highest BCUT2D eigenvalue weighted by Crippen LogP contribution is 2.31. The first-order chi connectivity index (χ1) is 16.5. The second kappa shape index (κ2) is 9.72. The Bertz CT molecular complexity index is 1240. The highest BCUT2D eigenvalue weighted by molar-refractivity contribution is 6.04. The number of nitrogens with zero attached hydrogens (tertiary/aromatic N) is 3. The van der Waals surface area contributed by atoms with Crippen LogP contribution in [0.2, 0.25) is 0 Å². The molecule has 2 aliphatic rings. The number of aromatic nitrogens is 1. The van der Waals surface area contributed by atoms with Crippen LogP contribution in [0.15, 0.2) is 47.3 Å². The van der Waals surface area contributed by atoms with Gasteiger partial charge in [-0.15, -0.1) is 0 Å². The van der Waals surface area contributed by atoms with Gasteiger partial charge in [-0.05, 0) is 68.2 Å². The first-order valence-electron chi connectivity index (χ1n) is 11.9. The minimum atomic E-state index is -0.0296. The van der Waals surface area contributed by atoms with Crippen molar-refractivity contribution < 1.29 is 14.6 Å². The summed E-state index contributed by atoms with van der Waals surface area (Å²) >= 11 is 0. The van der Waals surface area contributed by atoms with Gasteiger partial charge in [-0.1, -0.05) is 6.07 Å². The van der Waals surface area contributed by atoms with Gasteiger partial charge in [0, 0.05) is 43.2 Å². The minimum absolute atomic E-state index is 0.0296. The van der Waals surface area contributed by atoms with Crippen molar-refractivity contribution in [2.75, 3.05) is 32.8 Å². The molecule has 0 amide bonds. The van der Waals surface area contributed by atoms with Crippen molar-refractivity contribution in [3.05, 3.63) is 63.9 Å². The molecule has 3 heterocycles. The van der Waals surface area contributed by atoms with Crippen molar-refractivity contribution in [2.24, 2.45) is 0 Å². The van der Waals surface area contributed by atoms with Crippen LogP contribution in [0.3, 0.4) is 0 Å². The maximum Gasteiger partial charge on any atom is 0.251 e. The summed E-state index contributed by atoms with van der Waals surface area (Å²) in [6, 6.07) is 13.2. The molecule has 34 heavy (non-hydrogen) atoms. The molecule has 0 saturated carbocycles. The van der Waals surface area contributed by atoms with Crippen LogP contribution in [-0.2, 0) is 13.1 Å². The van der Waals surface area contributed by atoms with Crippen LogP contribution in [0, 0.1) is 6.92 Å². The standard InChI is InChI=1S/C26H30BN3O4/c1-18-14-26(32)29(23-16-21(31)3-4-22(18)23)11-10-28-8-6-20(7-9-28)30(27)17-19-2-5-24-25(15-19)34-13-12-33-24/h2-5,14-16,20,31H,6-13,17H2,1H3. The van der Waals surface area contributed by atoms with E-state index in [4.69, 9.17) is 17.5 Å². The molecule has 0 bridgehead atoms. The maximum absolute atomic E-state index is 12.7. The Balaban J connectivity index is 1.17. The van der Waals surface area contributed by atoms with Gasteiger partial charge in [-0.2, -0.15) is 0 Å². The molecule has 2 aliphatic heterocycles. The minimum Gasteiger partial charge on any atom is -0.508 e. The van der Waals surface area contributed by atoms with Crippen LogP contribution >= 0.6 is 0 Å². The molecule has 0 atom stereocenters. The Kier molecular flexibility index (Phi) is 6.52. The van der Waals surface area contributed by atoms with Gasteiger partial charge in [-0.25, -0.2) is 0 Å². The molecule has 2 radical (unpaired) electrons. The number of phenolic OH excluding ortho intramolecular Hbond substituents is 1. The highest BCUT2D eigenvalue weighted by Gasteiger charge is 2.23. The lowest BCUT2D eigenvalue weighted by Gasteiger charge is -2.37. The molecule has 8 heteroatoms. The molecule has 0 aliphatic carbocycles. The molecule has 5 rings (SSSR count). The molecular weight excluding hydrogens is 429 g/mol. The molecule has 2 aromatic carbocycles. The summed E-state index contributed by atoms with van der Waals surface area (Å²) in [5.74, 6) is 1.76. The predicted octanol–water partition coefficient (Wildman–Crippen LogP) is 2.84. The zero-order chi connectivity index (χ0) is 23.7. The van der Waals surface area contributed by atoms with Crippen LogP contribution in [0.4, 0.5) is 0 Å². The number of aryl methyl sites for hydroxylation is 1. The van der Waals surface area contributed by atoms with Crippen molar-refractivity contribution >= 4 is 18.9 Å². The van der Waals surface area contributed by atoms with Crippen LogP contribution in [0.5, 0.6) is 17.2 Å². The van der Waals surface area contributed by atoms with E-state index < -0.39 is 0 Å². The number of hydrogen-bond acceptors (Lipinski definition) is 6. The zero-order valence-electron chi connectivity index (χ0n) is 19.6. The van der Waals surface area contributed by atoms with Crippen molar-refractivity contribution in [3.63, 3.8) is 0 Å². The molecule has 1 N–H and O–H groups in total. The molecule has 3 aromatic rings. The molecule has 1 saturated heterocycles. The van der Waals surface area contributed by atoms with Crippen molar-refractivity contribution in [3.8, 4) is 17.2 Å². The first kappa shape index (κ1) is 22.8. The van der Waals surface area contributed by atoms with Gasteiger partial charge in [0.15, 0.2) is 19.5 Å². The lowest BCUT2D eigenvalue weighted by molar-refractivity contribution is 0.153. The third kappa shape index (κ3) is 4.79. The number of likely N-dealkylation sites (tertiary alicyclic amines) is 1. The third-order valence-corrected chi connectivity index (χ3v) is 6.94. The average Bonchev–Trinajstić information content (AvgIpc) is 2.84. The smallest absolute Gasteiger partial charge is 0.251 e. The molecule has 7 nitrogen and oxygen atoms in total. The van der Waals surface area contributed by atoms with E-state index in [-0.39, 0.29) is 11.3 Å². The second-order valence-corrected chi connectivity index (χ2v) is 9.24. The highest BCUT2D eigenvalue weighted by atomic mass is 16.6. The van der Waals surface area contributed by atoms with Gasteiger partial charge in [-0.3, -0.25) is 4.79 Å². The number of phenols is 1. The van der Waals surface area contributed by atoms with Crippen molar-refractivity contribution in [1.82, 2.24) is 14.3 Å². The summed E-state index contributed by atoms with van der Waals surface area (Å²) in [6.45, 7) is 7.00. The number of ether oxygens (including phenoxy) is 2. The van der Waals surface area contributed by atoms with Crippen molar-refractivity contribution in [1.29, 1.82) is 0 Å². The van der Waals surface area contributed by atoms with E-state index in [1.807, 2.05) is 36.0 Å². The number of pyridine rings is 1. The van der Waals surface area contributed by atoms with Gasteiger partial charge in [0.2, 0.25) is 0 Å². The monoisotopic (exact) mass is 459 g/mol. The van der Waals surface area contributed by atoms with Crippen LogP contribution < -0.4 is 15.0 Å². The van der Waals surface area contributed by atoms with Gasteiger partial charge < -0.3 is 28.9 Å². The third-order valence-electron chi connectivity index (χ3n) is 6.94. The predicted molar refractivity (Wildman–Crippen MR) is 133 cm³/mol. The lowest BCUT2D eigenvalue weighted by atomic mass is 9.99. The fourth-order valence-electron chi connectivity index (χ4n) is 5.01. The topological polar surface area (TPSA) is 67.2 Å². The number of aromatic hydroxyl groups is 1. The van der Waals surface area contributed by atoms with Crippen LogP contribution in [-0.4, -0.2) is 66.3 Å². The molecular formula is C26H30BN3O4. The summed E-state index contributed by atoms with van der Waals surface area (Å²) in [5, 5.41) is 10.9. The maximum atomic E-state index is 12.7. The van der Waals surface area contributed by atoms with Gasteiger partial charge in [0.1, 0.15) is 19.0 Å². The Hall–Kier alpha value is -2.97. The summed E-state index contributed by atoms with van der Waals surface area (Å²) < 4.78 is 13.1. The average molecular weight is 459 g/mol. The number of fused-ring (bicyclic) bond motifs is 2. The van der Waals surface area contributed by atoms with Crippen LogP contribution in [0.1, 0.15) is 24.0 Å². The SMILES string of the molecule is [B]N(Cc1ccc2c(c1)OCCO2)C1CCN(CCn2c(=O)cc(C)c3ccc(O)cc32)CC1. The Morgan fingerprint density at radius 1 is 1.03 bits per heavy atom. The van der Waals surface area contributed by atoms with E-state index in [0.717, 1.165) is 66.0 Å². The van der Waals surface area contributed by atoms with E-state index in [1.165, 1.54) is 0 Å². The summed E-state index contributed by atoms with van der Waals surface area (Å²) in [6.07, 6.45) is 1.96. The quantitative estimate of drug-likeness (QED) is 0.572. The Morgan fingerprint density at radius 2 is 1.79 bits per heavy atom. The second-order valence-electron chi connectivity index (χ2n) is 9.24. The van der Waals surface area contributed by atoms with E-state index in [1.54, 1.807) is 22.8 Å². The molecule has 0 unspecified atom stereocenters. The molecule has 1 aromatic heterocycles. The fraction of sp³-hybridized carbons (Fsp3) is 0.423. The van der Waals surface area contributed by atoms with E-state index in [2.05, 4.69) is 4.90 Å². The molecule has 0 spiro atoms. The summed E-state index contributed by atoms with van der Waals surface area (Å²) in [5.41, 5.74) is 2.80. The molecule has 1 fully saturated rings. The first-order valence-corrected chi connectivity index (χ1v) is 11.9. The Labute approximate surface area is 200 Å². The summed E-state index contributed by atoms with van der Waals surface area (Å²) in [4.78, 5) is 17.0. The van der Waals surface area contributed by atoms with Gasteiger partial charge in [0.25, 0.3) is 5.56 Å². The normalized spacial score (nSPS) is 16.9. The van der Waals surface area contributed by atoms with Gasteiger partial charge in [0.05, 0.1) is 5.52 Å². The number of hydrogen-bond donors (Lipinski definition) is 1. The fourth-order valence-corrected chi connectivity index (χ4v) is 5.01. The van der Waals surface area contributed by atoms with E-state index in [9.17, 15) is 9.90 Å². The van der Waals surface area contributed by atoms with Crippen LogP contribution in [0.25, 0.3) is 10.9 Å². The summed E-state index contributed by atoms with van der Waals surface area (Å²) in [7, 11) is 6.45. The Morgan fingerprint density at radius 3 is 2.59 bits per heavy atom. The number of benzene rings is 2.